The summed E-state index contributed by atoms with van der Waals surface area (Å²) in [4.78, 5) is 21.2. The molecule has 7 nitrogen and oxygen atoms in total. The highest BCUT2D eigenvalue weighted by Crippen LogP contribution is 2.15. The Hall–Kier alpha value is -2.74. The van der Waals surface area contributed by atoms with E-state index in [-0.39, 0.29) is 24.1 Å². The van der Waals surface area contributed by atoms with Crippen LogP contribution in [0.2, 0.25) is 0 Å². The van der Waals surface area contributed by atoms with E-state index in [2.05, 4.69) is 25.5 Å². The van der Waals surface area contributed by atoms with E-state index in [0.29, 0.717) is 12.2 Å². The molecular weight excluding hydrogens is 326 g/mol. The second-order valence-electron chi connectivity index (χ2n) is 4.89. The maximum atomic E-state index is 12.0. The van der Waals surface area contributed by atoms with Gasteiger partial charge in [0.2, 0.25) is 11.8 Å². The minimum atomic E-state index is -0.182. The molecular formula is C16H15N5O2S. The van der Waals surface area contributed by atoms with E-state index in [1.165, 1.54) is 17.3 Å². The summed E-state index contributed by atoms with van der Waals surface area (Å²) in [7, 11) is 0. The highest BCUT2D eigenvalue weighted by molar-refractivity contribution is 7.98. The van der Waals surface area contributed by atoms with Crippen LogP contribution in [0.25, 0.3) is 11.6 Å². The van der Waals surface area contributed by atoms with Crippen molar-refractivity contribution in [1.82, 2.24) is 25.5 Å². The van der Waals surface area contributed by atoms with Crippen molar-refractivity contribution in [3.8, 4) is 11.6 Å². The van der Waals surface area contributed by atoms with Crippen molar-refractivity contribution in [2.24, 2.45) is 0 Å². The first-order valence-corrected chi connectivity index (χ1v) is 8.45. The number of rotatable bonds is 6. The summed E-state index contributed by atoms with van der Waals surface area (Å²) in [5.74, 6) is 0.308. The van der Waals surface area contributed by atoms with Gasteiger partial charge in [0.15, 0.2) is 0 Å². The Morgan fingerprint density at radius 3 is 2.75 bits per heavy atom. The summed E-state index contributed by atoms with van der Waals surface area (Å²) in [5, 5.41) is 10.6. The van der Waals surface area contributed by atoms with Gasteiger partial charge in [0, 0.05) is 23.8 Å². The largest absolute Gasteiger partial charge is 0.419 e. The molecule has 0 fully saturated rings. The van der Waals surface area contributed by atoms with Gasteiger partial charge in [-0.3, -0.25) is 9.78 Å². The molecule has 2 aromatic heterocycles. The lowest BCUT2D eigenvalue weighted by Crippen LogP contribution is -2.24. The first-order valence-electron chi connectivity index (χ1n) is 7.23. The Kier molecular flexibility index (Phi) is 5.17. The van der Waals surface area contributed by atoms with Crippen molar-refractivity contribution < 1.29 is 9.21 Å². The molecule has 0 bridgehead atoms. The molecule has 122 valence electrons. The van der Waals surface area contributed by atoms with Crippen molar-refractivity contribution in [2.45, 2.75) is 17.9 Å². The van der Waals surface area contributed by atoms with Crippen molar-refractivity contribution >= 4 is 17.7 Å². The third kappa shape index (κ3) is 4.17. The van der Waals surface area contributed by atoms with E-state index in [1.807, 2.05) is 30.5 Å². The lowest BCUT2D eigenvalue weighted by molar-refractivity contribution is -0.120. The summed E-state index contributed by atoms with van der Waals surface area (Å²) >= 11 is 1.68. The summed E-state index contributed by atoms with van der Waals surface area (Å²) in [6.07, 6.45) is 6.66. The molecule has 8 heteroatoms. The molecule has 0 saturated heterocycles. The molecule has 1 aromatic carbocycles. The third-order valence-corrected chi connectivity index (χ3v) is 3.95. The maximum Gasteiger partial charge on any atom is 0.267 e. The molecule has 0 radical (unpaired) electrons. The molecule has 1 amide bonds. The van der Waals surface area contributed by atoms with Gasteiger partial charge in [-0.15, -0.1) is 22.0 Å². The van der Waals surface area contributed by atoms with Crippen LogP contribution < -0.4 is 5.32 Å². The summed E-state index contributed by atoms with van der Waals surface area (Å²) in [6, 6.07) is 8.03. The van der Waals surface area contributed by atoms with Crippen LogP contribution in [0, 0.1) is 0 Å². The van der Waals surface area contributed by atoms with Crippen molar-refractivity contribution in [1.29, 1.82) is 0 Å². The average Bonchev–Trinajstić information content (AvgIpc) is 3.09. The molecule has 0 saturated carbocycles. The van der Waals surface area contributed by atoms with Gasteiger partial charge in [0.05, 0.1) is 6.20 Å². The SMILES string of the molecule is CSc1ccc(CNC(=O)Cc2nnc(-c3cnccn3)o2)cc1. The minimum Gasteiger partial charge on any atom is -0.419 e. The zero-order chi connectivity index (χ0) is 16.8. The van der Waals surface area contributed by atoms with Crippen molar-refractivity contribution in [3.05, 3.63) is 54.3 Å². The van der Waals surface area contributed by atoms with Gasteiger partial charge in [0.1, 0.15) is 12.1 Å². The van der Waals surface area contributed by atoms with E-state index in [4.69, 9.17) is 4.42 Å². The molecule has 1 N–H and O–H groups in total. The quantitative estimate of drug-likeness (QED) is 0.686. The van der Waals surface area contributed by atoms with Gasteiger partial charge in [-0.1, -0.05) is 12.1 Å². The Balaban J connectivity index is 1.54. The number of nitrogens with zero attached hydrogens (tertiary/aromatic N) is 4. The number of carbonyl (C=O) groups is 1. The van der Waals surface area contributed by atoms with Crippen LogP contribution in [0.4, 0.5) is 0 Å². The Labute approximate surface area is 142 Å². The van der Waals surface area contributed by atoms with Crippen LogP contribution in [-0.2, 0) is 17.8 Å². The molecule has 3 aromatic rings. The van der Waals surface area contributed by atoms with Gasteiger partial charge in [0.25, 0.3) is 5.89 Å². The van der Waals surface area contributed by atoms with Gasteiger partial charge in [-0.25, -0.2) is 4.98 Å². The fourth-order valence-corrected chi connectivity index (χ4v) is 2.39. The molecule has 2 heterocycles. The molecule has 0 aliphatic carbocycles. The molecule has 0 aliphatic rings. The van der Waals surface area contributed by atoms with Crippen LogP contribution in [0.15, 0.2) is 52.2 Å². The van der Waals surface area contributed by atoms with Gasteiger partial charge < -0.3 is 9.73 Å². The Bertz CT molecular complexity index is 805. The van der Waals surface area contributed by atoms with E-state index in [0.717, 1.165) is 5.56 Å². The Morgan fingerprint density at radius 2 is 2.04 bits per heavy atom. The smallest absolute Gasteiger partial charge is 0.267 e. The number of hydrogen-bond acceptors (Lipinski definition) is 7. The van der Waals surface area contributed by atoms with Crippen molar-refractivity contribution in [2.75, 3.05) is 6.26 Å². The maximum absolute atomic E-state index is 12.0. The first kappa shape index (κ1) is 16.1. The lowest BCUT2D eigenvalue weighted by atomic mass is 10.2. The predicted octanol–water partition coefficient (Wildman–Crippen LogP) is 2.11. The van der Waals surface area contributed by atoms with Gasteiger partial charge >= 0.3 is 0 Å². The van der Waals surface area contributed by atoms with Crippen LogP contribution in [0.3, 0.4) is 0 Å². The number of aromatic nitrogens is 4. The summed E-state index contributed by atoms with van der Waals surface area (Å²) in [6.45, 7) is 0.457. The zero-order valence-corrected chi connectivity index (χ0v) is 13.8. The fraction of sp³-hybridized carbons (Fsp3) is 0.188. The topological polar surface area (TPSA) is 93.8 Å². The highest BCUT2D eigenvalue weighted by atomic mass is 32.2. The lowest BCUT2D eigenvalue weighted by Gasteiger charge is -2.04. The summed E-state index contributed by atoms with van der Waals surface area (Å²) in [5.41, 5.74) is 1.51. The molecule has 0 aliphatic heterocycles. The van der Waals surface area contributed by atoms with Crippen molar-refractivity contribution in [3.63, 3.8) is 0 Å². The Morgan fingerprint density at radius 1 is 1.21 bits per heavy atom. The minimum absolute atomic E-state index is 0.0240. The van der Waals surface area contributed by atoms with E-state index in [1.54, 1.807) is 18.0 Å². The first-order chi connectivity index (χ1) is 11.7. The fourth-order valence-electron chi connectivity index (χ4n) is 1.98. The molecule has 0 atom stereocenters. The number of amides is 1. The molecule has 0 spiro atoms. The number of hydrogen-bond donors (Lipinski definition) is 1. The standard InChI is InChI=1S/C16H15N5O2S/c1-24-12-4-2-11(3-5-12)9-19-14(22)8-15-20-21-16(23-15)13-10-17-6-7-18-13/h2-7,10H,8-9H2,1H3,(H,19,22). The van der Waals surface area contributed by atoms with Gasteiger partial charge in [-0.2, -0.15) is 0 Å². The predicted molar refractivity (Wildman–Crippen MR) is 89.1 cm³/mol. The molecule has 24 heavy (non-hydrogen) atoms. The average molecular weight is 341 g/mol. The highest BCUT2D eigenvalue weighted by Gasteiger charge is 2.13. The van der Waals surface area contributed by atoms with Crippen LogP contribution in [-0.4, -0.2) is 32.3 Å². The second-order valence-corrected chi connectivity index (χ2v) is 5.77. The summed E-state index contributed by atoms with van der Waals surface area (Å²) < 4.78 is 5.43. The van der Waals surface area contributed by atoms with Crippen LogP contribution in [0.1, 0.15) is 11.5 Å². The third-order valence-electron chi connectivity index (χ3n) is 3.21. The monoisotopic (exact) mass is 341 g/mol. The number of benzene rings is 1. The zero-order valence-electron chi connectivity index (χ0n) is 13.0. The van der Waals surface area contributed by atoms with Crippen LogP contribution >= 0.6 is 11.8 Å². The molecule has 3 rings (SSSR count). The van der Waals surface area contributed by atoms with E-state index in [9.17, 15) is 4.79 Å². The van der Waals surface area contributed by atoms with Crippen LogP contribution in [0.5, 0.6) is 0 Å². The van der Waals surface area contributed by atoms with E-state index < -0.39 is 0 Å². The number of nitrogens with one attached hydrogen (secondary N) is 1. The molecule has 0 unspecified atom stereocenters. The number of carbonyl (C=O) groups excluding carboxylic acids is 1. The second kappa shape index (κ2) is 7.69. The van der Waals surface area contributed by atoms with Gasteiger partial charge in [-0.05, 0) is 24.0 Å². The van der Waals surface area contributed by atoms with E-state index >= 15 is 0 Å². The normalized spacial score (nSPS) is 10.5. The number of thioether (sulfide) groups is 1.